The minimum Gasteiger partial charge on any atom is -0.497 e. The van der Waals surface area contributed by atoms with Gasteiger partial charge in [0.2, 0.25) is 0 Å². The Morgan fingerprint density at radius 3 is 2.42 bits per heavy atom. The summed E-state index contributed by atoms with van der Waals surface area (Å²) in [4.78, 5) is 13.6. The topological polar surface area (TPSA) is 69.0 Å². The van der Waals surface area contributed by atoms with Gasteiger partial charge in [-0.3, -0.25) is 9.36 Å². The molecule has 0 fully saturated rings. The summed E-state index contributed by atoms with van der Waals surface area (Å²) in [6.45, 7) is 0. The molecule has 0 spiro atoms. The Balaban J connectivity index is 1.30. The van der Waals surface area contributed by atoms with Crippen molar-refractivity contribution in [2.24, 2.45) is 0 Å². The lowest BCUT2D eigenvalue weighted by Gasteiger charge is -2.10. The van der Waals surface area contributed by atoms with Gasteiger partial charge >= 0.3 is 0 Å². The van der Waals surface area contributed by atoms with Gasteiger partial charge in [-0.15, -0.1) is 21.5 Å². The quantitative estimate of drug-likeness (QED) is 0.233. The number of aromatic nitrogens is 3. The molecule has 1 N–H and O–H groups in total. The SMILES string of the molecule is COc1ccc(NC(=O)c2ccc(CSc3nnc(-c4cccs4)n3-c3ccc(F)cc3)cc2)cc1. The van der Waals surface area contributed by atoms with Gasteiger partial charge < -0.3 is 10.1 Å². The van der Waals surface area contributed by atoms with E-state index in [2.05, 4.69) is 15.5 Å². The highest BCUT2D eigenvalue weighted by atomic mass is 32.2. The van der Waals surface area contributed by atoms with Crippen molar-refractivity contribution in [2.75, 3.05) is 12.4 Å². The summed E-state index contributed by atoms with van der Waals surface area (Å²) >= 11 is 3.10. The largest absolute Gasteiger partial charge is 0.497 e. The molecule has 0 aliphatic carbocycles. The molecule has 36 heavy (non-hydrogen) atoms. The fraction of sp³-hybridized carbons (Fsp3) is 0.0741. The minimum absolute atomic E-state index is 0.184. The molecule has 0 atom stereocenters. The number of ether oxygens (including phenoxy) is 1. The van der Waals surface area contributed by atoms with Gasteiger partial charge in [0.05, 0.1) is 12.0 Å². The van der Waals surface area contributed by atoms with Gasteiger partial charge in [0.15, 0.2) is 11.0 Å². The third kappa shape index (κ3) is 5.32. The van der Waals surface area contributed by atoms with E-state index in [0.29, 0.717) is 28.0 Å². The number of anilines is 1. The number of carbonyl (C=O) groups excluding carboxylic acids is 1. The first-order chi connectivity index (χ1) is 17.6. The van der Waals surface area contributed by atoms with E-state index in [1.165, 1.54) is 23.9 Å². The van der Waals surface area contributed by atoms with E-state index in [9.17, 15) is 9.18 Å². The van der Waals surface area contributed by atoms with Gasteiger partial charge in [0, 0.05) is 22.7 Å². The van der Waals surface area contributed by atoms with Crippen molar-refractivity contribution in [1.82, 2.24) is 14.8 Å². The van der Waals surface area contributed by atoms with Crippen LogP contribution in [0, 0.1) is 5.82 Å². The summed E-state index contributed by atoms with van der Waals surface area (Å²) in [5.74, 6) is 1.59. The first-order valence-electron chi connectivity index (χ1n) is 11.0. The molecule has 0 aliphatic heterocycles. The lowest BCUT2D eigenvalue weighted by atomic mass is 10.1. The van der Waals surface area contributed by atoms with Gasteiger partial charge in [0.25, 0.3) is 5.91 Å². The van der Waals surface area contributed by atoms with Crippen molar-refractivity contribution in [3.05, 3.63) is 107 Å². The second kappa shape index (κ2) is 10.8. The zero-order valence-electron chi connectivity index (χ0n) is 19.2. The van der Waals surface area contributed by atoms with Crippen LogP contribution in [0.15, 0.2) is 95.5 Å². The van der Waals surface area contributed by atoms with Crippen LogP contribution in [0.3, 0.4) is 0 Å². The zero-order valence-corrected chi connectivity index (χ0v) is 20.9. The molecule has 0 saturated carbocycles. The van der Waals surface area contributed by atoms with Crippen LogP contribution < -0.4 is 10.1 Å². The molecule has 0 unspecified atom stereocenters. The average Bonchev–Trinajstić information content (AvgIpc) is 3.59. The Labute approximate surface area is 215 Å². The normalized spacial score (nSPS) is 10.8. The van der Waals surface area contributed by atoms with Crippen molar-refractivity contribution in [2.45, 2.75) is 10.9 Å². The number of halogens is 1. The highest BCUT2D eigenvalue weighted by Crippen LogP contribution is 2.32. The summed E-state index contributed by atoms with van der Waals surface area (Å²) in [5.41, 5.74) is 3.08. The minimum atomic E-state index is -0.296. The van der Waals surface area contributed by atoms with Crippen molar-refractivity contribution in [3.8, 4) is 22.1 Å². The molecule has 2 heterocycles. The van der Waals surface area contributed by atoms with Crippen LogP contribution in [-0.2, 0) is 5.75 Å². The zero-order chi connectivity index (χ0) is 24.9. The fourth-order valence-corrected chi connectivity index (χ4v) is 5.14. The second-order valence-electron chi connectivity index (χ2n) is 7.76. The number of rotatable bonds is 8. The molecule has 0 radical (unpaired) electrons. The Morgan fingerprint density at radius 2 is 1.75 bits per heavy atom. The summed E-state index contributed by atoms with van der Waals surface area (Å²) in [6.07, 6.45) is 0. The number of nitrogens with zero attached hydrogens (tertiary/aromatic N) is 3. The van der Waals surface area contributed by atoms with E-state index in [0.717, 1.165) is 21.9 Å². The van der Waals surface area contributed by atoms with Crippen molar-refractivity contribution < 1.29 is 13.9 Å². The Morgan fingerprint density at radius 1 is 1.00 bits per heavy atom. The van der Waals surface area contributed by atoms with Crippen LogP contribution in [0.25, 0.3) is 16.4 Å². The number of nitrogens with one attached hydrogen (secondary N) is 1. The molecule has 1 amide bonds. The van der Waals surface area contributed by atoms with Gasteiger partial charge in [-0.05, 0) is 77.7 Å². The fourth-order valence-electron chi connectivity index (χ4n) is 3.53. The molecule has 180 valence electrons. The van der Waals surface area contributed by atoms with Crippen LogP contribution in [-0.4, -0.2) is 27.8 Å². The lowest BCUT2D eigenvalue weighted by Crippen LogP contribution is -2.11. The number of thiophene rings is 1. The van der Waals surface area contributed by atoms with E-state index in [-0.39, 0.29) is 11.7 Å². The Kier molecular flexibility index (Phi) is 7.11. The number of hydrogen-bond acceptors (Lipinski definition) is 6. The molecule has 0 saturated heterocycles. The first kappa shape index (κ1) is 23.8. The van der Waals surface area contributed by atoms with Crippen molar-refractivity contribution >= 4 is 34.7 Å². The molecule has 0 bridgehead atoms. The summed E-state index contributed by atoms with van der Waals surface area (Å²) in [5, 5.41) is 14.4. The number of methoxy groups -OCH3 is 1. The second-order valence-corrected chi connectivity index (χ2v) is 9.65. The molecule has 0 aliphatic rings. The number of benzene rings is 3. The molecule has 5 aromatic rings. The number of hydrogen-bond donors (Lipinski definition) is 1. The molecule has 5 rings (SSSR count). The summed E-state index contributed by atoms with van der Waals surface area (Å²) < 4.78 is 20.6. The average molecular weight is 517 g/mol. The highest BCUT2D eigenvalue weighted by Gasteiger charge is 2.17. The van der Waals surface area contributed by atoms with Gasteiger partial charge in [-0.25, -0.2) is 4.39 Å². The third-order valence-corrected chi connectivity index (χ3v) is 7.26. The molecule has 6 nitrogen and oxygen atoms in total. The summed E-state index contributed by atoms with van der Waals surface area (Å²) in [6, 6.07) is 24.9. The lowest BCUT2D eigenvalue weighted by molar-refractivity contribution is 0.102. The van der Waals surface area contributed by atoms with Crippen LogP contribution >= 0.6 is 23.1 Å². The number of carbonyl (C=O) groups is 1. The van der Waals surface area contributed by atoms with Gasteiger partial charge in [-0.2, -0.15) is 0 Å². The highest BCUT2D eigenvalue weighted by molar-refractivity contribution is 7.98. The molecule has 9 heteroatoms. The summed E-state index contributed by atoms with van der Waals surface area (Å²) in [7, 11) is 1.60. The Bertz CT molecular complexity index is 1450. The number of amides is 1. The maximum absolute atomic E-state index is 13.5. The maximum Gasteiger partial charge on any atom is 0.255 e. The first-order valence-corrected chi connectivity index (χ1v) is 12.9. The van der Waals surface area contributed by atoms with Crippen LogP contribution in [0.4, 0.5) is 10.1 Å². The van der Waals surface area contributed by atoms with Crippen LogP contribution in [0.5, 0.6) is 5.75 Å². The molecular weight excluding hydrogens is 495 g/mol. The van der Waals surface area contributed by atoms with E-state index < -0.39 is 0 Å². The van der Waals surface area contributed by atoms with Crippen molar-refractivity contribution in [1.29, 1.82) is 0 Å². The number of thioether (sulfide) groups is 1. The van der Waals surface area contributed by atoms with Gasteiger partial charge in [0.1, 0.15) is 11.6 Å². The predicted molar refractivity (Wildman–Crippen MR) is 142 cm³/mol. The van der Waals surface area contributed by atoms with Crippen molar-refractivity contribution in [3.63, 3.8) is 0 Å². The van der Waals surface area contributed by atoms with E-state index in [1.54, 1.807) is 67.0 Å². The van der Waals surface area contributed by atoms with E-state index >= 15 is 0 Å². The predicted octanol–water partition coefficient (Wildman–Crippen LogP) is 6.69. The van der Waals surface area contributed by atoms with E-state index in [4.69, 9.17) is 4.74 Å². The maximum atomic E-state index is 13.5. The Hall–Kier alpha value is -3.95. The van der Waals surface area contributed by atoms with Gasteiger partial charge in [-0.1, -0.05) is 30.0 Å². The van der Waals surface area contributed by atoms with E-state index in [1.807, 2.05) is 34.2 Å². The smallest absolute Gasteiger partial charge is 0.255 e. The monoisotopic (exact) mass is 516 g/mol. The molecular formula is C27H21FN4O2S2. The third-order valence-electron chi connectivity index (χ3n) is 5.39. The van der Waals surface area contributed by atoms with Crippen LogP contribution in [0.1, 0.15) is 15.9 Å². The standard InChI is InChI=1S/C27H21FN4O2S2/c1-34-23-14-10-21(11-15-23)29-26(33)19-6-4-18(5-7-19)17-36-27-31-30-25(24-3-2-16-35-24)32(27)22-12-8-20(28)9-13-22/h2-16H,17H2,1H3,(H,29,33). The molecule has 3 aromatic carbocycles. The van der Waals surface area contributed by atoms with Crippen LogP contribution in [0.2, 0.25) is 0 Å². The molecule has 2 aromatic heterocycles.